The van der Waals surface area contributed by atoms with Crippen LogP contribution >= 0.6 is 0 Å². The van der Waals surface area contributed by atoms with Gasteiger partial charge in [-0.2, -0.15) is 4.98 Å². The molecular weight excluding hydrogens is 328 g/mol. The van der Waals surface area contributed by atoms with Crippen LogP contribution in [0.3, 0.4) is 0 Å². The zero-order valence-corrected chi connectivity index (χ0v) is 14.1. The van der Waals surface area contributed by atoms with E-state index in [2.05, 4.69) is 22.6 Å². The summed E-state index contributed by atoms with van der Waals surface area (Å²) in [5.74, 6) is -0.273. The Labute approximate surface area is 150 Å². The molecule has 5 nitrogen and oxygen atoms in total. The van der Waals surface area contributed by atoms with Gasteiger partial charge in [0.2, 0.25) is 0 Å². The third kappa shape index (κ3) is 3.58. The van der Waals surface area contributed by atoms with Gasteiger partial charge >= 0.3 is 5.76 Å². The number of hydrogen-bond donors (Lipinski definition) is 1. The fourth-order valence-corrected chi connectivity index (χ4v) is 2.95. The molecule has 4 rings (SSSR count). The number of rotatable bonds is 6. The van der Waals surface area contributed by atoms with Crippen molar-refractivity contribution in [1.29, 1.82) is 0 Å². The molecule has 0 saturated carbocycles. The molecule has 1 heterocycles. The van der Waals surface area contributed by atoms with Crippen molar-refractivity contribution in [2.24, 2.45) is 0 Å². The first-order chi connectivity index (χ1) is 12.8. The van der Waals surface area contributed by atoms with Crippen LogP contribution in [0.15, 0.2) is 75.9 Å². The summed E-state index contributed by atoms with van der Waals surface area (Å²) in [7, 11) is 0. The Morgan fingerprint density at radius 3 is 2.50 bits per heavy atom. The molecule has 1 N–H and O–H groups in total. The van der Waals surface area contributed by atoms with E-state index in [9.17, 15) is 4.79 Å². The average molecular weight is 346 g/mol. The fourth-order valence-electron chi connectivity index (χ4n) is 2.95. The number of fused-ring (bicyclic) bond motifs is 2. The van der Waals surface area contributed by atoms with E-state index in [0.717, 1.165) is 23.6 Å². The van der Waals surface area contributed by atoms with Crippen molar-refractivity contribution in [3.05, 3.63) is 82.8 Å². The Morgan fingerprint density at radius 1 is 0.962 bits per heavy atom. The third-order valence-corrected chi connectivity index (χ3v) is 4.23. The van der Waals surface area contributed by atoms with Crippen molar-refractivity contribution in [3.63, 3.8) is 0 Å². The van der Waals surface area contributed by atoms with Crippen LogP contribution in [0.25, 0.3) is 21.7 Å². The monoisotopic (exact) mass is 346 g/mol. The Kier molecular flexibility index (Phi) is 4.62. The SMILES string of the molecule is O=c1nc(NOCCCc2ccccc2)c2cc3ccccc3cc2o1. The van der Waals surface area contributed by atoms with E-state index in [-0.39, 0.29) is 0 Å². The molecule has 0 spiro atoms. The molecule has 0 amide bonds. The van der Waals surface area contributed by atoms with Crippen LogP contribution in [0.5, 0.6) is 0 Å². The van der Waals surface area contributed by atoms with Crippen LogP contribution in [0.1, 0.15) is 12.0 Å². The first kappa shape index (κ1) is 16.3. The molecular formula is C21H18N2O3. The van der Waals surface area contributed by atoms with Crippen molar-refractivity contribution < 1.29 is 9.25 Å². The summed E-state index contributed by atoms with van der Waals surface area (Å²) in [5.41, 5.74) is 4.56. The zero-order chi connectivity index (χ0) is 17.8. The molecule has 0 aliphatic rings. The van der Waals surface area contributed by atoms with Crippen molar-refractivity contribution in [2.75, 3.05) is 12.1 Å². The number of anilines is 1. The van der Waals surface area contributed by atoms with Gasteiger partial charge in [-0.15, -0.1) is 0 Å². The lowest BCUT2D eigenvalue weighted by atomic mass is 10.1. The van der Waals surface area contributed by atoms with Crippen molar-refractivity contribution >= 4 is 27.6 Å². The highest BCUT2D eigenvalue weighted by atomic mass is 16.6. The van der Waals surface area contributed by atoms with Gasteiger partial charge in [0, 0.05) is 0 Å². The standard InChI is InChI=1S/C21H18N2O3/c24-21-22-20(23-25-12-6-9-15-7-2-1-3-8-15)18-13-16-10-4-5-11-17(16)14-19(18)26-21/h1-5,7-8,10-11,13-14H,6,9,12H2,(H,22,23,24). The minimum absolute atomic E-state index is 0.377. The summed E-state index contributed by atoms with van der Waals surface area (Å²) >= 11 is 0. The van der Waals surface area contributed by atoms with E-state index < -0.39 is 5.76 Å². The number of nitrogens with zero attached hydrogens (tertiary/aromatic N) is 1. The van der Waals surface area contributed by atoms with E-state index in [4.69, 9.17) is 9.25 Å². The van der Waals surface area contributed by atoms with Gasteiger partial charge in [0.25, 0.3) is 0 Å². The Morgan fingerprint density at radius 2 is 1.69 bits per heavy atom. The maximum Gasteiger partial charge on any atom is 0.441 e. The van der Waals surface area contributed by atoms with Gasteiger partial charge in [0.1, 0.15) is 5.58 Å². The molecule has 5 heteroatoms. The molecule has 0 aliphatic carbocycles. The maximum atomic E-state index is 11.7. The lowest BCUT2D eigenvalue weighted by Gasteiger charge is -2.09. The smallest absolute Gasteiger partial charge is 0.408 e. The van der Waals surface area contributed by atoms with Crippen molar-refractivity contribution in [3.8, 4) is 0 Å². The third-order valence-electron chi connectivity index (χ3n) is 4.23. The topological polar surface area (TPSA) is 64.4 Å². The molecule has 0 bridgehead atoms. The van der Waals surface area contributed by atoms with Crippen molar-refractivity contribution in [2.45, 2.75) is 12.8 Å². The van der Waals surface area contributed by atoms with E-state index >= 15 is 0 Å². The first-order valence-corrected chi connectivity index (χ1v) is 8.55. The summed E-state index contributed by atoms with van der Waals surface area (Å²) in [6.07, 6.45) is 1.79. The van der Waals surface area contributed by atoms with E-state index in [1.165, 1.54) is 5.56 Å². The number of hydrogen-bond acceptors (Lipinski definition) is 5. The molecule has 0 saturated heterocycles. The molecule has 0 atom stereocenters. The van der Waals surface area contributed by atoms with E-state index in [0.29, 0.717) is 23.4 Å². The molecule has 130 valence electrons. The first-order valence-electron chi connectivity index (χ1n) is 8.55. The predicted molar refractivity (Wildman–Crippen MR) is 102 cm³/mol. The van der Waals surface area contributed by atoms with Gasteiger partial charge in [-0.3, -0.25) is 4.84 Å². The lowest BCUT2D eigenvalue weighted by Crippen LogP contribution is -2.11. The van der Waals surface area contributed by atoms with Crippen LogP contribution in [0, 0.1) is 0 Å². The molecule has 0 fully saturated rings. The van der Waals surface area contributed by atoms with Crippen LogP contribution in [0.2, 0.25) is 0 Å². The number of nitrogens with one attached hydrogen (secondary N) is 1. The Hall–Kier alpha value is -3.18. The molecule has 0 aliphatic heterocycles. The largest absolute Gasteiger partial charge is 0.441 e. The molecule has 1 aromatic heterocycles. The van der Waals surface area contributed by atoms with E-state index in [1.54, 1.807) is 0 Å². The predicted octanol–water partition coefficient (Wildman–Crippen LogP) is 4.32. The second-order valence-electron chi connectivity index (χ2n) is 6.06. The maximum absolute atomic E-state index is 11.7. The number of aryl methyl sites for hydroxylation is 1. The number of aromatic nitrogens is 1. The minimum Gasteiger partial charge on any atom is -0.408 e. The summed E-state index contributed by atoms with van der Waals surface area (Å²) in [6.45, 7) is 0.506. The van der Waals surface area contributed by atoms with Crippen molar-refractivity contribution in [1.82, 2.24) is 4.98 Å². The molecule has 3 aromatic carbocycles. The van der Waals surface area contributed by atoms with Crippen LogP contribution < -0.4 is 11.2 Å². The number of benzene rings is 3. The van der Waals surface area contributed by atoms with Gasteiger partial charge in [0.05, 0.1) is 12.0 Å². The quantitative estimate of drug-likeness (QED) is 0.320. The summed E-state index contributed by atoms with van der Waals surface area (Å²) in [5, 5.41) is 2.76. The fraction of sp³-hybridized carbons (Fsp3) is 0.143. The van der Waals surface area contributed by atoms with Crippen LogP contribution in [0.4, 0.5) is 5.82 Å². The molecule has 4 aromatic rings. The normalized spacial score (nSPS) is 11.1. The lowest BCUT2D eigenvalue weighted by molar-refractivity contribution is 0.189. The second kappa shape index (κ2) is 7.37. The highest BCUT2D eigenvalue weighted by Gasteiger charge is 2.09. The minimum atomic E-state index is -0.650. The Balaban J connectivity index is 1.48. The molecule has 26 heavy (non-hydrogen) atoms. The summed E-state index contributed by atoms with van der Waals surface area (Å²) < 4.78 is 5.23. The van der Waals surface area contributed by atoms with E-state index in [1.807, 2.05) is 54.6 Å². The second-order valence-corrected chi connectivity index (χ2v) is 6.06. The highest BCUT2D eigenvalue weighted by molar-refractivity contribution is 5.99. The van der Waals surface area contributed by atoms with Gasteiger partial charge in [-0.05, 0) is 41.3 Å². The van der Waals surface area contributed by atoms with Gasteiger partial charge in [0.15, 0.2) is 5.82 Å². The Bertz CT molecular complexity index is 1090. The average Bonchev–Trinajstić information content (AvgIpc) is 2.67. The summed E-state index contributed by atoms with van der Waals surface area (Å²) in [4.78, 5) is 21.2. The van der Waals surface area contributed by atoms with Crippen LogP contribution in [-0.4, -0.2) is 11.6 Å². The van der Waals surface area contributed by atoms with Gasteiger partial charge < -0.3 is 4.42 Å². The molecule has 0 radical (unpaired) electrons. The van der Waals surface area contributed by atoms with Gasteiger partial charge in [-0.1, -0.05) is 54.6 Å². The summed E-state index contributed by atoms with van der Waals surface area (Å²) in [6, 6.07) is 21.9. The van der Waals surface area contributed by atoms with Crippen LogP contribution in [-0.2, 0) is 11.3 Å². The molecule has 0 unspecified atom stereocenters. The zero-order valence-electron chi connectivity index (χ0n) is 14.1. The van der Waals surface area contributed by atoms with Gasteiger partial charge in [-0.25, -0.2) is 10.3 Å². The highest BCUT2D eigenvalue weighted by Crippen LogP contribution is 2.25.